The second kappa shape index (κ2) is 20.5. The number of hydrogen-bond donors (Lipinski definition) is 0. The van der Waals surface area contributed by atoms with E-state index in [1.807, 2.05) is 0 Å². The Hall–Kier alpha value is -11.3. The van der Waals surface area contributed by atoms with Crippen molar-refractivity contribution in [2.75, 3.05) is 0 Å². The molecule has 0 bridgehead atoms. The van der Waals surface area contributed by atoms with Crippen LogP contribution in [0.4, 0.5) is 0 Å². The third-order valence-electron chi connectivity index (χ3n) is 18.4. The quantitative estimate of drug-likeness (QED) is 0.129. The lowest BCUT2D eigenvalue weighted by molar-refractivity contribution is 0.771. The molecule has 1 aliphatic rings. The van der Waals surface area contributed by atoms with Crippen molar-refractivity contribution >= 4 is 43.6 Å². The Morgan fingerprint density at radius 2 is 0.540 bits per heavy atom. The molecule has 0 fully saturated rings. The number of para-hydroxylation sites is 2. The van der Waals surface area contributed by atoms with Crippen molar-refractivity contribution < 1.29 is 0 Å². The first-order chi connectivity index (χ1) is 43.1. The average Bonchev–Trinajstić information content (AvgIpc) is 1.63. The highest BCUT2D eigenvalue weighted by molar-refractivity contribution is 6.13. The van der Waals surface area contributed by atoms with Crippen LogP contribution in [0.3, 0.4) is 0 Å². The molecule has 2 aromatic heterocycles. The second-order valence-electron chi connectivity index (χ2n) is 23.1. The molecule has 87 heavy (non-hydrogen) atoms. The third kappa shape index (κ3) is 8.17. The van der Waals surface area contributed by atoms with Crippen LogP contribution in [-0.2, 0) is 5.41 Å². The molecule has 2 heteroatoms. The summed E-state index contributed by atoms with van der Waals surface area (Å²) in [5.41, 5.74) is 28.5. The lowest BCUT2D eigenvalue weighted by atomic mass is 9.65. The van der Waals surface area contributed by atoms with Crippen LogP contribution in [0.15, 0.2) is 340 Å². The molecule has 0 radical (unpaired) electrons. The van der Waals surface area contributed by atoms with Crippen LogP contribution in [0.5, 0.6) is 0 Å². The fourth-order valence-corrected chi connectivity index (χ4v) is 14.5. The van der Waals surface area contributed by atoms with Crippen molar-refractivity contribution in [3.8, 4) is 89.3 Å². The molecule has 0 saturated carbocycles. The van der Waals surface area contributed by atoms with Gasteiger partial charge in [0.15, 0.2) is 0 Å². The maximum Gasteiger partial charge on any atom is 0.0719 e. The number of nitrogens with zero attached hydrogens (tertiary/aromatic N) is 2. The number of benzene rings is 14. The van der Waals surface area contributed by atoms with Gasteiger partial charge in [0, 0.05) is 32.9 Å². The van der Waals surface area contributed by atoms with Gasteiger partial charge in [0.1, 0.15) is 0 Å². The molecular formula is C85H56N2. The normalized spacial score (nSPS) is 12.5. The highest BCUT2D eigenvalue weighted by Crippen LogP contribution is 2.58. The number of fused-ring (bicyclic) bond motifs is 9. The molecular weight excluding hydrogens is 1050 g/mol. The Balaban J connectivity index is 0.700. The van der Waals surface area contributed by atoms with E-state index in [0.717, 1.165) is 11.4 Å². The molecule has 0 N–H and O–H groups in total. The molecule has 0 amide bonds. The van der Waals surface area contributed by atoms with Gasteiger partial charge >= 0.3 is 0 Å². The van der Waals surface area contributed by atoms with Crippen LogP contribution in [0.25, 0.3) is 133 Å². The third-order valence-corrected chi connectivity index (χ3v) is 18.4. The van der Waals surface area contributed by atoms with E-state index in [4.69, 9.17) is 0 Å². The number of rotatable bonds is 10. The predicted molar refractivity (Wildman–Crippen MR) is 365 cm³/mol. The van der Waals surface area contributed by atoms with E-state index in [9.17, 15) is 0 Å². The van der Waals surface area contributed by atoms with E-state index in [1.165, 1.54) is 144 Å². The molecule has 1 aliphatic carbocycles. The molecule has 0 spiro atoms. The molecule has 2 heterocycles. The molecule has 0 atom stereocenters. The fraction of sp³-hybridized carbons (Fsp3) is 0.0118. The summed E-state index contributed by atoms with van der Waals surface area (Å²) in [5, 5.41) is 4.95. The summed E-state index contributed by atoms with van der Waals surface area (Å²) in [6, 6.07) is 126. The van der Waals surface area contributed by atoms with E-state index in [1.54, 1.807) is 0 Å². The zero-order valence-electron chi connectivity index (χ0n) is 47.7. The van der Waals surface area contributed by atoms with E-state index in [2.05, 4.69) is 349 Å². The predicted octanol–water partition coefficient (Wildman–Crippen LogP) is 22.2. The zero-order chi connectivity index (χ0) is 57.4. The van der Waals surface area contributed by atoms with Crippen molar-refractivity contribution in [2.24, 2.45) is 0 Å². The highest BCUT2D eigenvalue weighted by Gasteiger charge is 2.47. The largest absolute Gasteiger partial charge is 0.309 e. The molecule has 0 unspecified atom stereocenters. The molecule has 0 aliphatic heterocycles. The fourth-order valence-electron chi connectivity index (χ4n) is 14.5. The first kappa shape index (κ1) is 50.2. The van der Waals surface area contributed by atoms with Gasteiger partial charge in [0.05, 0.1) is 27.5 Å². The van der Waals surface area contributed by atoms with E-state index in [0.29, 0.717) is 0 Å². The first-order valence-corrected chi connectivity index (χ1v) is 30.1. The molecule has 16 aromatic rings. The minimum absolute atomic E-state index is 0.584. The average molecular weight is 1110 g/mol. The Morgan fingerprint density at radius 1 is 0.184 bits per heavy atom. The molecule has 406 valence electrons. The van der Waals surface area contributed by atoms with Crippen LogP contribution < -0.4 is 0 Å². The summed E-state index contributed by atoms with van der Waals surface area (Å²) >= 11 is 0. The molecule has 0 saturated heterocycles. The van der Waals surface area contributed by atoms with Gasteiger partial charge in [-0.2, -0.15) is 0 Å². The van der Waals surface area contributed by atoms with Gasteiger partial charge in [0.25, 0.3) is 0 Å². The zero-order valence-corrected chi connectivity index (χ0v) is 47.7. The number of hydrogen-bond acceptors (Lipinski definition) is 0. The van der Waals surface area contributed by atoms with Gasteiger partial charge in [-0.15, -0.1) is 0 Å². The van der Waals surface area contributed by atoms with E-state index in [-0.39, 0.29) is 0 Å². The second-order valence-corrected chi connectivity index (χ2v) is 23.1. The van der Waals surface area contributed by atoms with Crippen molar-refractivity contribution in [3.05, 3.63) is 362 Å². The van der Waals surface area contributed by atoms with Gasteiger partial charge in [-0.3, -0.25) is 0 Å². The molecule has 17 rings (SSSR count). The summed E-state index contributed by atoms with van der Waals surface area (Å²) in [6.07, 6.45) is 0. The Labute approximate surface area is 506 Å². The minimum atomic E-state index is -0.584. The van der Waals surface area contributed by atoms with Crippen LogP contribution in [0.2, 0.25) is 0 Å². The molecule has 14 aromatic carbocycles. The van der Waals surface area contributed by atoms with Crippen LogP contribution in [0, 0.1) is 0 Å². The van der Waals surface area contributed by atoms with Gasteiger partial charge < -0.3 is 9.13 Å². The smallest absolute Gasteiger partial charge is 0.0719 e. The maximum atomic E-state index is 2.44. The van der Waals surface area contributed by atoms with Crippen LogP contribution in [-0.4, -0.2) is 9.13 Å². The Bertz CT molecular complexity index is 5270. The van der Waals surface area contributed by atoms with Crippen LogP contribution in [0.1, 0.15) is 22.3 Å². The van der Waals surface area contributed by atoms with E-state index < -0.39 is 5.41 Å². The summed E-state index contributed by atoms with van der Waals surface area (Å²) in [5.74, 6) is 0. The topological polar surface area (TPSA) is 9.86 Å². The van der Waals surface area contributed by atoms with Crippen molar-refractivity contribution in [3.63, 3.8) is 0 Å². The first-order valence-electron chi connectivity index (χ1n) is 30.1. The van der Waals surface area contributed by atoms with Crippen molar-refractivity contribution in [2.45, 2.75) is 5.41 Å². The Kier molecular flexibility index (Phi) is 11.8. The SMILES string of the molecule is c1ccc(-c2cccc(-c3ccccc3C3(c4cccc(-c5ccc(-c6ccc(-n7c8ccccc8c8cc(-c9ccc%10c(c9)c9ccccc9n%10-c9cccc(-c%10ccccc%10)c9)ccc87)cc6)cc5)c4)c4ccccc4-c4ccccc43)c2)cc1. The van der Waals surface area contributed by atoms with Gasteiger partial charge in [-0.05, 0) is 173 Å². The summed E-state index contributed by atoms with van der Waals surface area (Å²) in [4.78, 5) is 0. The lowest BCUT2D eigenvalue weighted by Crippen LogP contribution is -2.29. The van der Waals surface area contributed by atoms with Crippen LogP contribution >= 0.6 is 0 Å². The minimum Gasteiger partial charge on any atom is -0.309 e. The summed E-state index contributed by atoms with van der Waals surface area (Å²) in [7, 11) is 0. The summed E-state index contributed by atoms with van der Waals surface area (Å²) in [6.45, 7) is 0. The van der Waals surface area contributed by atoms with Gasteiger partial charge in [0.2, 0.25) is 0 Å². The Morgan fingerprint density at radius 3 is 1.11 bits per heavy atom. The van der Waals surface area contributed by atoms with Gasteiger partial charge in [-0.25, -0.2) is 0 Å². The van der Waals surface area contributed by atoms with Crippen molar-refractivity contribution in [1.82, 2.24) is 9.13 Å². The number of aromatic nitrogens is 2. The van der Waals surface area contributed by atoms with Crippen molar-refractivity contribution in [1.29, 1.82) is 0 Å². The summed E-state index contributed by atoms with van der Waals surface area (Å²) < 4.78 is 4.83. The monoisotopic (exact) mass is 1100 g/mol. The highest BCUT2D eigenvalue weighted by atomic mass is 15.0. The maximum absolute atomic E-state index is 2.44. The molecule has 2 nitrogen and oxygen atoms in total. The lowest BCUT2D eigenvalue weighted by Gasteiger charge is -2.36. The van der Waals surface area contributed by atoms with Gasteiger partial charge in [-0.1, -0.05) is 267 Å². The standard InChI is InChI=1S/C85H56N2/c1-3-20-57(21-4-1)62-24-17-27-67(52-62)71-30-7-12-35-78(71)85(79-36-13-8-31-72(79)73-32-9-14-37-80(73)85)68-28-18-25-63(53-68)61-42-40-59(41-43-61)60-44-48-69(49-45-60)86-81-38-15-10-33-74(81)76-55-65(46-50-83(76)86)66-47-51-84-77(56-66)75-34-11-16-39-82(75)87(84)70-29-19-26-64(54-70)58-22-5-2-6-23-58/h1-56H. The van der Waals surface area contributed by atoms with E-state index >= 15 is 0 Å².